The second-order valence-corrected chi connectivity index (χ2v) is 9.85. The Hall–Kier alpha value is -2.13. The number of amides is 1. The molecule has 1 saturated heterocycles. The van der Waals surface area contributed by atoms with Crippen LogP contribution in [0.2, 0.25) is 5.02 Å². The number of hydrogen-bond donors (Lipinski definition) is 0. The van der Waals surface area contributed by atoms with E-state index in [4.69, 9.17) is 23.8 Å². The number of thiophene rings is 1. The van der Waals surface area contributed by atoms with E-state index in [1.54, 1.807) is 23.1 Å². The van der Waals surface area contributed by atoms with E-state index in [1.165, 1.54) is 29.2 Å². The second-order valence-electron chi connectivity index (χ2n) is 6.65. The molecular formula is C22H13ClF3NOS3. The molecule has 0 spiro atoms. The summed E-state index contributed by atoms with van der Waals surface area (Å²) in [7, 11) is 0. The van der Waals surface area contributed by atoms with Crippen LogP contribution < -0.4 is 0 Å². The number of nitrogens with zero attached hydrogens (tertiary/aromatic N) is 1. The van der Waals surface area contributed by atoms with Crippen LogP contribution in [0.25, 0.3) is 16.5 Å². The molecule has 0 bridgehead atoms. The van der Waals surface area contributed by atoms with Crippen molar-refractivity contribution in [1.82, 2.24) is 4.90 Å². The van der Waals surface area contributed by atoms with Crippen molar-refractivity contribution in [3.63, 3.8) is 0 Å². The maximum Gasteiger partial charge on any atom is 0.416 e. The third kappa shape index (κ3) is 4.87. The Balaban J connectivity index is 1.58. The average molecular weight is 496 g/mol. The predicted molar refractivity (Wildman–Crippen MR) is 125 cm³/mol. The highest BCUT2D eigenvalue weighted by Crippen LogP contribution is 2.40. The van der Waals surface area contributed by atoms with Crippen LogP contribution in [-0.2, 0) is 17.5 Å². The molecule has 0 radical (unpaired) electrons. The predicted octanol–water partition coefficient (Wildman–Crippen LogP) is 7.49. The molecular weight excluding hydrogens is 483 g/mol. The van der Waals surface area contributed by atoms with Crippen molar-refractivity contribution in [3.8, 4) is 10.4 Å². The Kier molecular flexibility index (Phi) is 6.25. The fraction of sp³-hybridized carbons (Fsp3) is 0.0909. The summed E-state index contributed by atoms with van der Waals surface area (Å²) in [6.45, 7) is 0.387. The number of rotatable bonds is 4. The topological polar surface area (TPSA) is 20.3 Å². The van der Waals surface area contributed by atoms with Crippen LogP contribution in [-0.4, -0.2) is 15.1 Å². The van der Waals surface area contributed by atoms with Gasteiger partial charge in [0.25, 0.3) is 5.91 Å². The highest BCUT2D eigenvalue weighted by molar-refractivity contribution is 8.26. The maximum atomic E-state index is 13.1. The van der Waals surface area contributed by atoms with Gasteiger partial charge in [-0.2, -0.15) is 13.2 Å². The van der Waals surface area contributed by atoms with Crippen LogP contribution in [0.1, 0.15) is 16.0 Å². The summed E-state index contributed by atoms with van der Waals surface area (Å²) in [6.07, 6.45) is -2.74. The molecule has 0 N–H and O–H groups in total. The first-order chi connectivity index (χ1) is 14.7. The minimum atomic E-state index is -4.45. The normalized spacial score (nSPS) is 15.9. The quantitative estimate of drug-likeness (QED) is 0.276. The molecule has 1 aliphatic heterocycles. The largest absolute Gasteiger partial charge is 0.416 e. The molecule has 2 nitrogen and oxygen atoms in total. The summed E-state index contributed by atoms with van der Waals surface area (Å²) >= 11 is 14.0. The molecule has 1 aromatic heterocycles. The molecule has 158 valence electrons. The van der Waals surface area contributed by atoms with Crippen LogP contribution in [0.4, 0.5) is 13.2 Å². The number of hydrogen-bond acceptors (Lipinski definition) is 4. The van der Waals surface area contributed by atoms with Gasteiger partial charge in [0, 0.05) is 20.3 Å². The molecule has 1 aliphatic rings. The van der Waals surface area contributed by atoms with E-state index >= 15 is 0 Å². The van der Waals surface area contributed by atoms with Gasteiger partial charge in [-0.3, -0.25) is 9.69 Å². The van der Waals surface area contributed by atoms with Crippen molar-refractivity contribution in [2.75, 3.05) is 0 Å². The summed E-state index contributed by atoms with van der Waals surface area (Å²) in [5.41, 5.74) is 0.513. The van der Waals surface area contributed by atoms with Gasteiger partial charge in [0.2, 0.25) is 0 Å². The molecule has 0 unspecified atom stereocenters. The Morgan fingerprint density at radius 1 is 1.06 bits per heavy atom. The third-order valence-electron chi connectivity index (χ3n) is 4.52. The van der Waals surface area contributed by atoms with Crippen molar-refractivity contribution in [3.05, 3.63) is 86.6 Å². The van der Waals surface area contributed by atoms with Crippen LogP contribution in [0.15, 0.2) is 65.6 Å². The number of benzene rings is 2. The van der Waals surface area contributed by atoms with Gasteiger partial charge >= 0.3 is 6.18 Å². The Labute approximate surface area is 195 Å². The van der Waals surface area contributed by atoms with Gasteiger partial charge in [-0.15, -0.1) is 11.3 Å². The second kappa shape index (κ2) is 8.78. The van der Waals surface area contributed by atoms with Gasteiger partial charge < -0.3 is 0 Å². The molecule has 0 atom stereocenters. The number of carbonyl (C=O) groups excluding carboxylic acids is 1. The van der Waals surface area contributed by atoms with E-state index in [0.717, 1.165) is 22.6 Å². The zero-order valence-electron chi connectivity index (χ0n) is 15.7. The molecule has 2 aromatic carbocycles. The average Bonchev–Trinajstić information content (AvgIpc) is 3.28. The Morgan fingerprint density at radius 3 is 2.52 bits per heavy atom. The number of alkyl halides is 3. The molecule has 1 fully saturated rings. The van der Waals surface area contributed by atoms with E-state index in [2.05, 4.69) is 0 Å². The molecule has 3 aromatic rings. The van der Waals surface area contributed by atoms with Crippen LogP contribution in [0.5, 0.6) is 0 Å². The Morgan fingerprint density at radius 2 is 1.81 bits per heavy atom. The van der Waals surface area contributed by atoms with Gasteiger partial charge in [-0.1, -0.05) is 65.9 Å². The lowest BCUT2D eigenvalue weighted by molar-refractivity contribution is -0.137. The fourth-order valence-electron chi connectivity index (χ4n) is 3.00. The molecule has 4 rings (SSSR count). The lowest BCUT2D eigenvalue weighted by atomic mass is 10.1. The maximum absolute atomic E-state index is 13.1. The first-order valence-corrected chi connectivity index (χ1v) is 11.4. The summed E-state index contributed by atoms with van der Waals surface area (Å²) < 4.78 is 39.6. The molecule has 0 saturated carbocycles. The molecule has 2 heterocycles. The van der Waals surface area contributed by atoms with Crippen molar-refractivity contribution in [2.45, 2.75) is 12.7 Å². The summed E-state index contributed by atoms with van der Waals surface area (Å²) in [5.74, 6) is -0.189. The third-order valence-corrected chi connectivity index (χ3v) is 7.29. The van der Waals surface area contributed by atoms with Gasteiger partial charge in [-0.05, 0) is 42.0 Å². The molecule has 0 aliphatic carbocycles. The van der Waals surface area contributed by atoms with Crippen LogP contribution in [0, 0.1) is 0 Å². The van der Waals surface area contributed by atoms with Gasteiger partial charge in [0.15, 0.2) is 0 Å². The van der Waals surface area contributed by atoms with Crippen LogP contribution in [0.3, 0.4) is 0 Å². The zero-order valence-corrected chi connectivity index (χ0v) is 18.9. The first-order valence-electron chi connectivity index (χ1n) is 8.98. The van der Waals surface area contributed by atoms with Gasteiger partial charge in [0.1, 0.15) is 4.32 Å². The van der Waals surface area contributed by atoms with Crippen LogP contribution >= 0.6 is 46.9 Å². The van der Waals surface area contributed by atoms with Gasteiger partial charge in [-0.25, -0.2) is 0 Å². The summed E-state index contributed by atoms with van der Waals surface area (Å²) in [4.78, 5) is 16.1. The summed E-state index contributed by atoms with van der Waals surface area (Å²) in [6, 6.07) is 16.2. The standard InChI is InChI=1S/C22H13ClF3NOS3/c23-17-8-6-14(22(24,25)26)10-16(17)18-9-7-15(30-18)11-19-20(28)27(21(29)31-19)12-13-4-2-1-3-5-13/h1-11H,12H2. The van der Waals surface area contributed by atoms with Crippen molar-refractivity contribution in [1.29, 1.82) is 0 Å². The first kappa shape index (κ1) is 22.1. The number of thiocarbonyl (C=S) groups is 1. The van der Waals surface area contributed by atoms with Gasteiger partial charge in [0.05, 0.1) is 17.0 Å². The lowest BCUT2D eigenvalue weighted by Crippen LogP contribution is -2.27. The fourth-order valence-corrected chi connectivity index (χ4v) is 5.57. The summed E-state index contributed by atoms with van der Waals surface area (Å²) in [5, 5.41) is 0.232. The minimum absolute atomic E-state index is 0.189. The SMILES string of the molecule is O=C1C(=Cc2ccc(-c3cc(C(F)(F)F)ccc3Cl)s2)SC(=S)N1Cc1ccccc1. The minimum Gasteiger partial charge on any atom is -0.288 e. The van der Waals surface area contributed by atoms with E-state index in [0.29, 0.717) is 26.2 Å². The number of halogens is 4. The lowest BCUT2D eigenvalue weighted by Gasteiger charge is -2.14. The smallest absolute Gasteiger partial charge is 0.288 e. The van der Waals surface area contributed by atoms with Crippen molar-refractivity contribution >= 4 is 63.2 Å². The number of thioether (sulfide) groups is 1. The highest BCUT2D eigenvalue weighted by Gasteiger charge is 2.33. The van der Waals surface area contributed by atoms with E-state index in [-0.39, 0.29) is 10.9 Å². The molecule has 31 heavy (non-hydrogen) atoms. The molecule has 9 heteroatoms. The van der Waals surface area contributed by atoms with E-state index in [9.17, 15) is 18.0 Å². The zero-order chi connectivity index (χ0) is 22.2. The van der Waals surface area contributed by atoms with Crippen molar-refractivity contribution in [2.24, 2.45) is 0 Å². The monoisotopic (exact) mass is 495 g/mol. The number of carbonyl (C=O) groups is 1. The van der Waals surface area contributed by atoms with Crippen molar-refractivity contribution < 1.29 is 18.0 Å². The highest BCUT2D eigenvalue weighted by atomic mass is 35.5. The Bertz CT molecular complexity index is 1190. The molecule has 1 amide bonds. The van der Waals surface area contributed by atoms with E-state index < -0.39 is 11.7 Å². The van der Waals surface area contributed by atoms with E-state index in [1.807, 2.05) is 30.3 Å².